The minimum absolute atomic E-state index is 0.0476. The molecule has 0 fully saturated rings. The van der Waals surface area contributed by atoms with Crippen LogP contribution in [0.15, 0.2) is 30.3 Å². The molecule has 0 radical (unpaired) electrons. The van der Waals surface area contributed by atoms with E-state index in [9.17, 15) is 14.7 Å². The number of rotatable bonds is 4. The molecule has 0 saturated carbocycles. The van der Waals surface area contributed by atoms with E-state index in [4.69, 9.17) is 0 Å². The minimum Gasteiger partial charge on any atom is -0.507 e. The van der Waals surface area contributed by atoms with Gasteiger partial charge in [-0.2, -0.15) is 0 Å². The molecule has 0 saturated heterocycles. The van der Waals surface area contributed by atoms with Gasteiger partial charge in [0, 0.05) is 17.4 Å². The van der Waals surface area contributed by atoms with Crippen LogP contribution in [0.1, 0.15) is 34.1 Å². The van der Waals surface area contributed by atoms with Crippen molar-refractivity contribution < 1.29 is 14.7 Å². The standard InChI is InChI=1S/C15H13BrO3/c1-2-13(17)12-7-11(14(18)8-16)9-5-3-4-6-10(9)15(12)19/h3-7,19H,2,8H2,1H3. The van der Waals surface area contributed by atoms with Gasteiger partial charge in [0.1, 0.15) is 5.75 Å². The Morgan fingerprint density at radius 3 is 2.32 bits per heavy atom. The van der Waals surface area contributed by atoms with Crippen molar-refractivity contribution in [2.45, 2.75) is 13.3 Å². The fourth-order valence-corrected chi connectivity index (χ4v) is 2.37. The third-order valence-corrected chi connectivity index (χ3v) is 3.57. The maximum atomic E-state index is 12.0. The van der Waals surface area contributed by atoms with E-state index in [-0.39, 0.29) is 34.6 Å². The normalized spacial score (nSPS) is 10.6. The molecule has 0 aliphatic carbocycles. The lowest BCUT2D eigenvalue weighted by molar-refractivity contribution is 0.0986. The van der Waals surface area contributed by atoms with Crippen LogP contribution in [0, 0.1) is 0 Å². The molecule has 2 aromatic rings. The fourth-order valence-electron chi connectivity index (χ4n) is 2.07. The Morgan fingerprint density at radius 2 is 1.74 bits per heavy atom. The van der Waals surface area contributed by atoms with Crippen molar-refractivity contribution in [3.05, 3.63) is 41.5 Å². The van der Waals surface area contributed by atoms with Gasteiger partial charge in [0.2, 0.25) is 0 Å². The van der Waals surface area contributed by atoms with Crippen molar-refractivity contribution in [3.8, 4) is 5.75 Å². The van der Waals surface area contributed by atoms with E-state index < -0.39 is 0 Å². The van der Waals surface area contributed by atoms with Gasteiger partial charge in [0.15, 0.2) is 11.6 Å². The van der Waals surface area contributed by atoms with Crippen molar-refractivity contribution in [2.75, 3.05) is 5.33 Å². The van der Waals surface area contributed by atoms with E-state index in [1.807, 2.05) is 0 Å². The lowest BCUT2D eigenvalue weighted by Crippen LogP contribution is -2.05. The molecular formula is C15H13BrO3. The molecule has 2 aromatic carbocycles. The first-order chi connectivity index (χ1) is 9.10. The minimum atomic E-state index is -0.174. The largest absolute Gasteiger partial charge is 0.507 e. The molecule has 0 amide bonds. The molecule has 0 aliphatic heterocycles. The summed E-state index contributed by atoms with van der Waals surface area (Å²) in [5.74, 6) is -0.332. The van der Waals surface area contributed by atoms with Crippen LogP contribution in [0.5, 0.6) is 5.75 Å². The Hall–Kier alpha value is -1.68. The Labute approximate surface area is 119 Å². The molecule has 0 atom stereocenters. The molecule has 0 bridgehead atoms. The van der Waals surface area contributed by atoms with E-state index in [0.717, 1.165) is 0 Å². The molecular weight excluding hydrogens is 308 g/mol. The van der Waals surface area contributed by atoms with Gasteiger partial charge in [-0.1, -0.05) is 47.1 Å². The molecule has 0 spiro atoms. The number of Topliss-reactive ketones (excluding diaryl/α,β-unsaturated/α-hetero) is 2. The van der Waals surface area contributed by atoms with Gasteiger partial charge in [-0.15, -0.1) is 0 Å². The number of alkyl halides is 1. The first kappa shape index (κ1) is 13.7. The maximum absolute atomic E-state index is 12.0. The van der Waals surface area contributed by atoms with Crippen LogP contribution in [0.3, 0.4) is 0 Å². The highest BCUT2D eigenvalue weighted by Crippen LogP contribution is 2.32. The Kier molecular flexibility index (Phi) is 4.00. The quantitative estimate of drug-likeness (QED) is 0.690. The van der Waals surface area contributed by atoms with Gasteiger partial charge < -0.3 is 5.11 Å². The highest BCUT2D eigenvalue weighted by molar-refractivity contribution is 9.09. The lowest BCUT2D eigenvalue weighted by Gasteiger charge is -2.10. The monoisotopic (exact) mass is 320 g/mol. The van der Waals surface area contributed by atoms with Crippen LogP contribution >= 0.6 is 15.9 Å². The third kappa shape index (κ3) is 2.40. The van der Waals surface area contributed by atoms with Crippen molar-refractivity contribution in [1.82, 2.24) is 0 Å². The lowest BCUT2D eigenvalue weighted by atomic mass is 9.95. The van der Waals surface area contributed by atoms with Crippen molar-refractivity contribution >= 4 is 38.3 Å². The Balaban J connectivity index is 2.83. The zero-order chi connectivity index (χ0) is 14.0. The van der Waals surface area contributed by atoms with Gasteiger partial charge in [0.05, 0.1) is 10.9 Å². The Morgan fingerprint density at radius 1 is 1.11 bits per heavy atom. The number of halogens is 1. The smallest absolute Gasteiger partial charge is 0.174 e. The maximum Gasteiger partial charge on any atom is 0.174 e. The van der Waals surface area contributed by atoms with Gasteiger partial charge in [-0.25, -0.2) is 0 Å². The summed E-state index contributed by atoms with van der Waals surface area (Å²) in [7, 11) is 0. The summed E-state index contributed by atoms with van der Waals surface area (Å²) in [6, 6.07) is 8.54. The summed E-state index contributed by atoms with van der Waals surface area (Å²) >= 11 is 3.14. The summed E-state index contributed by atoms with van der Waals surface area (Å²) < 4.78 is 0. The van der Waals surface area contributed by atoms with E-state index in [1.54, 1.807) is 31.2 Å². The molecule has 0 heterocycles. The summed E-state index contributed by atoms with van der Waals surface area (Å²) in [6.45, 7) is 1.73. The van der Waals surface area contributed by atoms with E-state index in [0.29, 0.717) is 16.3 Å². The molecule has 3 nitrogen and oxygen atoms in total. The molecule has 2 rings (SSSR count). The van der Waals surface area contributed by atoms with E-state index in [2.05, 4.69) is 15.9 Å². The second kappa shape index (κ2) is 5.53. The number of benzene rings is 2. The number of fused-ring (bicyclic) bond motifs is 1. The highest BCUT2D eigenvalue weighted by atomic mass is 79.9. The van der Waals surface area contributed by atoms with Crippen molar-refractivity contribution in [3.63, 3.8) is 0 Å². The van der Waals surface area contributed by atoms with E-state index in [1.165, 1.54) is 6.07 Å². The highest BCUT2D eigenvalue weighted by Gasteiger charge is 2.18. The van der Waals surface area contributed by atoms with Crippen LogP contribution < -0.4 is 0 Å². The SMILES string of the molecule is CCC(=O)c1cc(C(=O)CBr)c2ccccc2c1O. The van der Waals surface area contributed by atoms with Crippen LogP contribution in [-0.4, -0.2) is 22.0 Å². The zero-order valence-electron chi connectivity index (χ0n) is 10.4. The van der Waals surface area contributed by atoms with Crippen LogP contribution in [0.4, 0.5) is 0 Å². The fraction of sp³-hybridized carbons (Fsp3) is 0.200. The molecule has 98 valence electrons. The molecule has 19 heavy (non-hydrogen) atoms. The van der Waals surface area contributed by atoms with Crippen LogP contribution in [-0.2, 0) is 0 Å². The summed E-state index contributed by atoms with van der Waals surface area (Å²) in [6.07, 6.45) is 0.286. The second-order valence-electron chi connectivity index (χ2n) is 4.20. The van der Waals surface area contributed by atoms with Gasteiger partial charge >= 0.3 is 0 Å². The number of carbonyl (C=O) groups excluding carboxylic acids is 2. The number of aromatic hydroxyl groups is 1. The van der Waals surface area contributed by atoms with Gasteiger partial charge in [-0.3, -0.25) is 9.59 Å². The molecule has 0 unspecified atom stereocenters. The number of hydrogen-bond donors (Lipinski definition) is 1. The summed E-state index contributed by atoms with van der Waals surface area (Å²) in [5.41, 5.74) is 0.674. The molecule has 0 aromatic heterocycles. The number of carbonyl (C=O) groups is 2. The molecule has 4 heteroatoms. The second-order valence-corrected chi connectivity index (χ2v) is 4.76. The predicted molar refractivity (Wildman–Crippen MR) is 78.4 cm³/mol. The van der Waals surface area contributed by atoms with Crippen LogP contribution in [0.25, 0.3) is 10.8 Å². The third-order valence-electron chi connectivity index (χ3n) is 3.06. The van der Waals surface area contributed by atoms with E-state index >= 15 is 0 Å². The first-order valence-electron chi connectivity index (χ1n) is 5.97. The van der Waals surface area contributed by atoms with Crippen LogP contribution in [0.2, 0.25) is 0 Å². The number of phenolic OH excluding ortho intramolecular Hbond substituents is 1. The number of hydrogen-bond acceptors (Lipinski definition) is 3. The van der Waals surface area contributed by atoms with Crippen molar-refractivity contribution in [2.24, 2.45) is 0 Å². The Bertz CT molecular complexity index is 662. The number of ketones is 2. The average Bonchev–Trinajstić information content (AvgIpc) is 2.46. The van der Waals surface area contributed by atoms with Gasteiger partial charge in [0.25, 0.3) is 0 Å². The number of phenols is 1. The predicted octanol–water partition coefficient (Wildman–Crippen LogP) is 3.72. The topological polar surface area (TPSA) is 54.4 Å². The summed E-state index contributed by atoms with van der Waals surface area (Å²) in [5, 5.41) is 11.6. The summed E-state index contributed by atoms with van der Waals surface area (Å²) in [4.78, 5) is 23.8. The molecule has 1 N–H and O–H groups in total. The first-order valence-corrected chi connectivity index (χ1v) is 7.09. The van der Waals surface area contributed by atoms with Crippen molar-refractivity contribution in [1.29, 1.82) is 0 Å². The zero-order valence-corrected chi connectivity index (χ0v) is 12.0. The molecule has 0 aliphatic rings. The average molecular weight is 321 g/mol. The van der Waals surface area contributed by atoms with Gasteiger partial charge in [-0.05, 0) is 11.5 Å².